The third kappa shape index (κ3) is 2.54. The molecule has 0 saturated carbocycles. The molecular formula is C23H17N3O. The monoisotopic (exact) mass is 351 g/mol. The van der Waals surface area contributed by atoms with Gasteiger partial charge in [-0.15, -0.1) is 0 Å². The molecular weight excluding hydrogens is 334 g/mol. The van der Waals surface area contributed by atoms with Gasteiger partial charge in [-0.05, 0) is 54.6 Å². The summed E-state index contributed by atoms with van der Waals surface area (Å²) in [6.07, 6.45) is 1.82. The van der Waals surface area contributed by atoms with Gasteiger partial charge in [0.1, 0.15) is 17.2 Å². The molecule has 0 spiro atoms. The zero-order chi connectivity index (χ0) is 18.2. The molecule has 0 N–H and O–H groups in total. The number of ether oxygens (including phenoxy) is 1. The zero-order valence-electron chi connectivity index (χ0n) is 14.8. The average molecular weight is 351 g/mol. The van der Waals surface area contributed by atoms with Gasteiger partial charge in [0.15, 0.2) is 0 Å². The molecule has 3 aromatic heterocycles. The van der Waals surface area contributed by atoms with Gasteiger partial charge in [-0.1, -0.05) is 24.3 Å². The Labute approximate surface area is 156 Å². The summed E-state index contributed by atoms with van der Waals surface area (Å²) in [5.74, 6) is 1.69. The van der Waals surface area contributed by atoms with E-state index in [9.17, 15) is 0 Å². The minimum absolute atomic E-state index is 0.835. The Hall–Kier alpha value is -3.66. The van der Waals surface area contributed by atoms with Crippen molar-refractivity contribution in [2.24, 2.45) is 0 Å². The van der Waals surface area contributed by atoms with Gasteiger partial charge >= 0.3 is 0 Å². The van der Waals surface area contributed by atoms with E-state index in [0.29, 0.717) is 0 Å². The molecule has 0 amide bonds. The number of rotatable bonds is 3. The molecule has 0 bridgehead atoms. The maximum Gasteiger partial charge on any atom is 0.146 e. The van der Waals surface area contributed by atoms with Gasteiger partial charge in [-0.25, -0.2) is 9.97 Å². The van der Waals surface area contributed by atoms with E-state index < -0.39 is 0 Å². The summed E-state index contributed by atoms with van der Waals surface area (Å²) in [4.78, 5) is 9.55. The first kappa shape index (κ1) is 15.6. The quantitative estimate of drug-likeness (QED) is 0.446. The van der Waals surface area contributed by atoms with Crippen LogP contribution in [-0.2, 0) is 0 Å². The molecule has 27 heavy (non-hydrogen) atoms. The first-order chi connectivity index (χ1) is 13.3. The minimum Gasteiger partial charge on any atom is -0.497 e. The molecule has 0 atom stereocenters. The molecule has 2 aromatic carbocycles. The van der Waals surface area contributed by atoms with E-state index in [0.717, 1.165) is 39.4 Å². The van der Waals surface area contributed by atoms with Crippen LogP contribution in [0.5, 0.6) is 5.75 Å². The van der Waals surface area contributed by atoms with E-state index in [1.165, 1.54) is 5.39 Å². The largest absolute Gasteiger partial charge is 0.497 e. The summed E-state index contributed by atoms with van der Waals surface area (Å²) in [5, 5.41) is 2.31. The van der Waals surface area contributed by atoms with E-state index in [1.807, 2.05) is 60.8 Å². The normalized spacial score (nSPS) is 11.1. The van der Waals surface area contributed by atoms with E-state index in [1.54, 1.807) is 7.11 Å². The van der Waals surface area contributed by atoms with Crippen molar-refractivity contribution in [1.82, 2.24) is 14.5 Å². The molecule has 0 saturated heterocycles. The molecule has 4 heteroatoms. The van der Waals surface area contributed by atoms with Gasteiger partial charge in [0, 0.05) is 22.5 Å². The number of pyridine rings is 2. The van der Waals surface area contributed by atoms with Gasteiger partial charge in [0.05, 0.1) is 18.3 Å². The lowest BCUT2D eigenvalue weighted by Crippen LogP contribution is -1.99. The molecule has 0 aliphatic carbocycles. The highest BCUT2D eigenvalue weighted by atomic mass is 16.5. The van der Waals surface area contributed by atoms with E-state index in [2.05, 4.69) is 33.8 Å². The Morgan fingerprint density at radius 2 is 1.59 bits per heavy atom. The number of nitrogens with zero attached hydrogens (tertiary/aromatic N) is 3. The second kappa shape index (κ2) is 6.25. The summed E-state index contributed by atoms with van der Waals surface area (Å²) in [7, 11) is 1.67. The van der Waals surface area contributed by atoms with Gasteiger partial charge in [-0.3, -0.25) is 4.57 Å². The lowest BCUT2D eigenvalue weighted by molar-refractivity contribution is 0.415. The Bertz CT molecular complexity index is 1200. The van der Waals surface area contributed by atoms with Crippen molar-refractivity contribution in [3.8, 4) is 22.8 Å². The Balaban J connectivity index is 1.73. The van der Waals surface area contributed by atoms with Gasteiger partial charge < -0.3 is 4.74 Å². The Morgan fingerprint density at radius 3 is 2.44 bits per heavy atom. The third-order valence-corrected chi connectivity index (χ3v) is 4.78. The Kier molecular flexibility index (Phi) is 3.61. The number of fused-ring (bicyclic) bond motifs is 3. The fourth-order valence-corrected chi connectivity index (χ4v) is 3.50. The summed E-state index contributed by atoms with van der Waals surface area (Å²) in [6, 6.07) is 26.4. The highest BCUT2D eigenvalue weighted by Crippen LogP contribution is 2.30. The molecule has 130 valence electrons. The number of hydrogen-bond acceptors (Lipinski definition) is 3. The SMILES string of the molecule is COc1ccc(-c2cccc(-n3c4ccccc4c4cccnc43)n2)cc1. The number of para-hydroxylation sites is 1. The summed E-state index contributed by atoms with van der Waals surface area (Å²) < 4.78 is 7.37. The van der Waals surface area contributed by atoms with Crippen molar-refractivity contribution in [3.63, 3.8) is 0 Å². The summed E-state index contributed by atoms with van der Waals surface area (Å²) >= 11 is 0. The maximum atomic E-state index is 5.25. The predicted molar refractivity (Wildman–Crippen MR) is 108 cm³/mol. The average Bonchev–Trinajstić information content (AvgIpc) is 3.08. The topological polar surface area (TPSA) is 39.9 Å². The Morgan fingerprint density at radius 1 is 0.778 bits per heavy atom. The van der Waals surface area contributed by atoms with Crippen molar-refractivity contribution in [1.29, 1.82) is 0 Å². The molecule has 0 radical (unpaired) electrons. The van der Waals surface area contributed by atoms with Crippen molar-refractivity contribution in [2.75, 3.05) is 7.11 Å². The van der Waals surface area contributed by atoms with Crippen molar-refractivity contribution in [2.45, 2.75) is 0 Å². The van der Waals surface area contributed by atoms with Crippen LogP contribution in [0.4, 0.5) is 0 Å². The second-order valence-electron chi connectivity index (χ2n) is 6.34. The molecule has 5 rings (SSSR count). The first-order valence-electron chi connectivity index (χ1n) is 8.81. The highest BCUT2D eigenvalue weighted by molar-refractivity contribution is 6.07. The van der Waals surface area contributed by atoms with Gasteiger partial charge in [0.25, 0.3) is 0 Å². The summed E-state index contributed by atoms with van der Waals surface area (Å²) in [5.41, 5.74) is 3.98. The van der Waals surface area contributed by atoms with Crippen LogP contribution in [0.3, 0.4) is 0 Å². The van der Waals surface area contributed by atoms with Crippen LogP contribution >= 0.6 is 0 Å². The second-order valence-corrected chi connectivity index (χ2v) is 6.34. The van der Waals surface area contributed by atoms with Crippen molar-refractivity contribution < 1.29 is 4.74 Å². The van der Waals surface area contributed by atoms with Crippen LogP contribution in [0.25, 0.3) is 39.0 Å². The zero-order valence-corrected chi connectivity index (χ0v) is 14.8. The maximum absolute atomic E-state index is 5.25. The lowest BCUT2D eigenvalue weighted by atomic mass is 10.1. The lowest BCUT2D eigenvalue weighted by Gasteiger charge is -2.09. The van der Waals surface area contributed by atoms with E-state index >= 15 is 0 Å². The number of methoxy groups -OCH3 is 1. The number of hydrogen-bond donors (Lipinski definition) is 0. The molecule has 0 unspecified atom stereocenters. The first-order valence-corrected chi connectivity index (χ1v) is 8.81. The van der Waals surface area contributed by atoms with E-state index in [-0.39, 0.29) is 0 Å². The summed E-state index contributed by atoms with van der Waals surface area (Å²) in [6.45, 7) is 0. The smallest absolute Gasteiger partial charge is 0.146 e. The molecule has 0 aliphatic heterocycles. The fourth-order valence-electron chi connectivity index (χ4n) is 3.50. The molecule has 3 heterocycles. The molecule has 0 fully saturated rings. The standard InChI is InChI=1S/C23H17N3O/c1-27-17-13-11-16(12-14-17)20-8-4-10-22(25-20)26-21-9-3-2-6-18(21)19-7-5-15-24-23(19)26/h2-15H,1H3. The van der Waals surface area contributed by atoms with Crippen LogP contribution in [0.2, 0.25) is 0 Å². The molecule has 4 nitrogen and oxygen atoms in total. The van der Waals surface area contributed by atoms with Crippen molar-refractivity contribution in [3.05, 3.63) is 85.1 Å². The molecule has 5 aromatic rings. The third-order valence-electron chi connectivity index (χ3n) is 4.78. The highest BCUT2D eigenvalue weighted by Gasteiger charge is 2.13. The van der Waals surface area contributed by atoms with Crippen LogP contribution in [0.15, 0.2) is 85.1 Å². The molecule has 0 aliphatic rings. The minimum atomic E-state index is 0.835. The van der Waals surface area contributed by atoms with Crippen molar-refractivity contribution >= 4 is 21.9 Å². The number of aromatic nitrogens is 3. The van der Waals surface area contributed by atoms with Crippen LogP contribution < -0.4 is 4.74 Å². The van der Waals surface area contributed by atoms with E-state index in [4.69, 9.17) is 9.72 Å². The van der Waals surface area contributed by atoms with Gasteiger partial charge in [0.2, 0.25) is 0 Å². The fraction of sp³-hybridized carbons (Fsp3) is 0.0435. The van der Waals surface area contributed by atoms with Crippen LogP contribution in [0.1, 0.15) is 0 Å². The van der Waals surface area contributed by atoms with Crippen LogP contribution in [-0.4, -0.2) is 21.6 Å². The predicted octanol–water partition coefficient (Wildman–Crippen LogP) is 5.25. The van der Waals surface area contributed by atoms with Crippen LogP contribution in [0, 0.1) is 0 Å². The van der Waals surface area contributed by atoms with Gasteiger partial charge in [-0.2, -0.15) is 0 Å². The number of benzene rings is 2.